The predicted octanol–water partition coefficient (Wildman–Crippen LogP) is 0.00840. The van der Waals surface area contributed by atoms with Crippen LogP contribution in [0.4, 0.5) is 0 Å². The van der Waals surface area contributed by atoms with Gasteiger partial charge in [-0.25, -0.2) is 0 Å². The number of nitrogens with one attached hydrogen (secondary N) is 1. The number of nitrogens with two attached hydrogens (primary N) is 1. The van der Waals surface area contributed by atoms with Gasteiger partial charge in [0.15, 0.2) is 0 Å². The molecule has 1 amide bonds. The third-order valence-corrected chi connectivity index (χ3v) is 4.30. The Balaban J connectivity index is 1.74. The molecule has 1 saturated carbocycles. The quantitative estimate of drug-likeness (QED) is 0.683. The highest BCUT2D eigenvalue weighted by Gasteiger charge is 2.28. The van der Waals surface area contributed by atoms with Gasteiger partial charge in [-0.15, -0.1) is 0 Å². The van der Waals surface area contributed by atoms with Crippen molar-refractivity contribution in [2.75, 3.05) is 33.7 Å². The molecule has 1 aliphatic carbocycles. The summed E-state index contributed by atoms with van der Waals surface area (Å²) in [7, 11) is 4.30. The summed E-state index contributed by atoms with van der Waals surface area (Å²) in [6.07, 6.45) is 5.75. The number of piperidine rings is 1. The van der Waals surface area contributed by atoms with E-state index < -0.39 is 0 Å². The summed E-state index contributed by atoms with van der Waals surface area (Å²) in [6.45, 7) is 3.23. The Morgan fingerprint density at radius 3 is 2.74 bits per heavy atom. The lowest BCUT2D eigenvalue weighted by Gasteiger charge is -2.36. The van der Waals surface area contributed by atoms with E-state index in [0.717, 1.165) is 26.1 Å². The van der Waals surface area contributed by atoms with Crippen LogP contribution in [0.1, 0.15) is 32.1 Å². The number of likely N-dealkylation sites (tertiary alicyclic amines) is 1. The largest absolute Gasteiger partial charge is 0.368 e. The van der Waals surface area contributed by atoms with Crippen molar-refractivity contribution in [3.05, 3.63) is 0 Å². The Labute approximate surface area is 116 Å². The van der Waals surface area contributed by atoms with Crippen LogP contribution in [0.15, 0.2) is 0 Å². The topological polar surface area (TPSA) is 61.6 Å². The first-order chi connectivity index (χ1) is 9.06. The molecule has 2 unspecified atom stereocenters. The maximum atomic E-state index is 11.4. The molecule has 1 heterocycles. The maximum absolute atomic E-state index is 11.4. The molecular formula is C14H28N4O. The number of carbonyl (C=O) groups excluding carboxylic acids is 1. The molecule has 2 fully saturated rings. The van der Waals surface area contributed by atoms with Crippen LogP contribution in [0, 0.1) is 0 Å². The maximum Gasteiger partial charge on any atom is 0.234 e. The molecule has 0 aromatic carbocycles. The number of amides is 1. The average Bonchev–Trinajstić information content (AvgIpc) is 3.18. The predicted molar refractivity (Wildman–Crippen MR) is 76.9 cm³/mol. The summed E-state index contributed by atoms with van der Waals surface area (Å²) in [5, 5.41) is 3.35. The van der Waals surface area contributed by atoms with E-state index in [0.29, 0.717) is 12.1 Å². The Morgan fingerprint density at radius 2 is 2.16 bits per heavy atom. The Hall–Kier alpha value is -0.650. The summed E-state index contributed by atoms with van der Waals surface area (Å²) in [6, 6.07) is 1.04. The first kappa shape index (κ1) is 14.8. The highest BCUT2D eigenvalue weighted by Crippen LogP contribution is 2.20. The van der Waals surface area contributed by atoms with Gasteiger partial charge in [-0.05, 0) is 52.7 Å². The van der Waals surface area contributed by atoms with Crippen molar-refractivity contribution in [1.82, 2.24) is 15.1 Å². The van der Waals surface area contributed by atoms with Crippen molar-refractivity contribution >= 4 is 5.91 Å². The van der Waals surface area contributed by atoms with Gasteiger partial charge < -0.3 is 20.9 Å². The summed E-state index contributed by atoms with van der Waals surface area (Å²) >= 11 is 0. The number of nitrogens with zero attached hydrogens (tertiary/aromatic N) is 2. The van der Waals surface area contributed by atoms with Crippen LogP contribution in [0.3, 0.4) is 0 Å². The lowest BCUT2D eigenvalue weighted by atomic mass is 10.0. The van der Waals surface area contributed by atoms with Crippen molar-refractivity contribution in [3.63, 3.8) is 0 Å². The fraction of sp³-hybridized carbons (Fsp3) is 0.929. The third kappa shape index (κ3) is 4.75. The van der Waals surface area contributed by atoms with Crippen molar-refractivity contribution in [2.45, 2.75) is 50.2 Å². The molecule has 0 radical (unpaired) electrons. The fourth-order valence-electron chi connectivity index (χ4n) is 2.81. The van der Waals surface area contributed by atoms with Gasteiger partial charge >= 0.3 is 0 Å². The van der Waals surface area contributed by atoms with Crippen LogP contribution in [0.25, 0.3) is 0 Å². The van der Waals surface area contributed by atoms with Crippen molar-refractivity contribution in [2.24, 2.45) is 5.73 Å². The molecule has 19 heavy (non-hydrogen) atoms. The molecular weight excluding hydrogens is 240 g/mol. The fourth-order valence-corrected chi connectivity index (χ4v) is 2.81. The van der Waals surface area contributed by atoms with Gasteiger partial charge in [0.1, 0.15) is 0 Å². The summed E-state index contributed by atoms with van der Waals surface area (Å²) < 4.78 is 0. The number of hydrogen-bond donors (Lipinski definition) is 2. The van der Waals surface area contributed by atoms with Gasteiger partial charge in [0.2, 0.25) is 5.91 Å². The second kappa shape index (κ2) is 6.68. The van der Waals surface area contributed by atoms with Crippen LogP contribution < -0.4 is 11.1 Å². The zero-order valence-electron chi connectivity index (χ0n) is 12.3. The molecule has 0 aromatic rings. The normalized spacial score (nSPS) is 26.6. The van der Waals surface area contributed by atoms with Crippen LogP contribution in [-0.2, 0) is 4.79 Å². The highest BCUT2D eigenvalue weighted by atomic mass is 16.1. The molecule has 2 rings (SSSR count). The third-order valence-electron chi connectivity index (χ3n) is 4.30. The van der Waals surface area contributed by atoms with Gasteiger partial charge in [0, 0.05) is 25.2 Å². The Bertz CT molecular complexity index is 304. The number of primary amides is 1. The molecule has 0 spiro atoms. The Kier molecular flexibility index (Phi) is 5.19. The SMILES string of the molecule is CN(C)C1CCCN(CCC(NC2CC2)C(N)=O)C1. The van der Waals surface area contributed by atoms with Gasteiger partial charge in [0.25, 0.3) is 0 Å². The molecule has 1 saturated heterocycles. The molecule has 5 heteroatoms. The zero-order valence-corrected chi connectivity index (χ0v) is 12.3. The average molecular weight is 268 g/mol. The highest BCUT2D eigenvalue weighted by molar-refractivity contribution is 5.79. The van der Waals surface area contributed by atoms with E-state index in [2.05, 4.69) is 29.2 Å². The van der Waals surface area contributed by atoms with Crippen molar-refractivity contribution in [1.29, 1.82) is 0 Å². The van der Waals surface area contributed by atoms with Crippen LogP contribution in [0.5, 0.6) is 0 Å². The van der Waals surface area contributed by atoms with Crippen molar-refractivity contribution < 1.29 is 4.79 Å². The first-order valence-corrected chi connectivity index (χ1v) is 7.50. The second-order valence-corrected chi connectivity index (χ2v) is 6.24. The molecule has 2 aliphatic rings. The number of hydrogen-bond acceptors (Lipinski definition) is 4. The zero-order chi connectivity index (χ0) is 13.8. The van der Waals surface area contributed by atoms with E-state index in [9.17, 15) is 4.79 Å². The van der Waals surface area contributed by atoms with Gasteiger partial charge in [-0.3, -0.25) is 4.79 Å². The van der Waals surface area contributed by atoms with E-state index in [1.807, 2.05) is 0 Å². The summed E-state index contributed by atoms with van der Waals surface area (Å²) in [4.78, 5) is 16.2. The van der Waals surface area contributed by atoms with Gasteiger partial charge in [-0.1, -0.05) is 0 Å². The minimum absolute atomic E-state index is 0.146. The number of carbonyl (C=O) groups is 1. The van der Waals surface area contributed by atoms with Crippen LogP contribution >= 0.6 is 0 Å². The van der Waals surface area contributed by atoms with Gasteiger partial charge in [0.05, 0.1) is 6.04 Å². The standard InChI is InChI=1S/C14H28N4O/c1-17(2)12-4-3-8-18(10-12)9-7-13(14(15)19)16-11-5-6-11/h11-13,16H,3-10H2,1-2H3,(H2,15,19). The van der Waals surface area contributed by atoms with E-state index in [1.165, 1.54) is 25.7 Å². The lowest BCUT2D eigenvalue weighted by Crippen LogP contribution is -2.48. The summed E-state index contributed by atoms with van der Waals surface area (Å²) in [5.74, 6) is -0.201. The van der Waals surface area contributed by atoms with E-state index in [-0.39, 0.29) is 11.9 Å². The molecule has 0 bridgehead atoms. The monoisotopic (exact) mass is 268 g/mol. The van der Waals surface area contributed by atoms with Gasteiger partial charge in [-0.2, -0.15) is 0 Å². The molecule has 2 atom stereocenters. The van der Waals surface area contributed by atoms with E-state index in [4.69, 9.17) is 5.73 Å². The minimum atomic E-state index is -0.201. The summed E-state index contributed by atoms with van der Waals surface area (Å²) in [5.41, 5.74) is 5.48. The van der Waals surface area contributed by atoms with Crippen molar-refractivity contribution in [3.8, 4) is 0 Å². The molecule has 110 valence electrons. The Morgan fingerprint density at radius 1 is 1.42 bits per heavy atom. The van der Waals surface area contributed by atoms with Crippen LogP contribution in [0.2, 0.25) is 0 Å². The van der Waals surface area contributed by atoms with Crippen LogP contribution in [-0.4, -0.2) is 67.6 Å². The molecule has 1 aliphatic heterocycles. The smallest absolute Gasteiger partial charge is 0.234 e. The first-order valence-electron chi connectivity index (χ1n) is 7.50. The number of rotatable bonds is 7. The number of likely N-dealkylation sites (N-methyl/N-ethyl adjacent to an activating group) is 1. The molecule has 5 nitrogen and oxygen atoms in total. The molecule has 0 aromatic heterocycles. The van der Waals surface area contributed by atoms with E-state index >= 15 is 0 Å². The lowest BCUT2D eigenvalue weighted by molar-refractivity contribution is -0.120. The van der Waals surface area contributed by atoms with E-state index in [1.54, 1.807) is 0 Å². The second-order valence-electron chi connectivity index (χ2n) is 6.24. The molecule has 3 N–H and O–H groups in total. The minimum Gasteiger partial charge on any atom is -0.368 e.